The smallest absolute Gasteiger partial charge is 0.307 e. The van der Waals surface area contributed by atoms with Crippen LogP contribution in [0.25, 0.3) is 0 Å². The molecule has 8 heteroatoms. The maximum absolute atomic E-state index is 12.0. The van der Waals surface area contributed by atoms with Gasteiger partial charge in [-0.25, -0.2) is 5.84 Å². The topological polar surface area (TPSA) is 72.0 Å². The lowest BCUT2D eigenvalue weighted by molar-refractivity contribution is -0.342. The Morgan fingerprint density at radius 3 is 2.80 bits per heavy atom. The molecule has 0 bridgehead atoms. The summed E-state index contributed by atoms with van der Waals surface area (Å²) in [5.74, 6) is 5.30. The Morgan fingerprint density at radius 1 is 1.60 bits per heavy atom. The van der Waals surface area contributed by atoms with E-state index in [1.54, 1.807) is 0 Å². The normalized spacial score (nSPS) is 27.1. The van der Waals surface area contributed by atoms with E-state index in [1.165, 1.54) is 13.1 Å². The number of ether oxygens (including phenoxy) is 1. The third-order valence-corrected chi connectivity index (χ3v) is 1.81. The van der Waals surface area contributed by atoms with Crippen molar-refractivity contribution in [2.45, 2.75) is 25.4 Å². The van der Waals surface area contributed by atoms with Crippen LogP contribution in [0.15, 0.2) is 9.98 Å². The molecule has 1 heterocycles. The standard InChI is InChI=1S/C7H11F3N4O/c1-4-5(15-7(8,9)10)2-12-3-6(13-4)14-11/h3-5H,2,11H2,1H3,(H,13,14)/t4-,5?/m0/s1. The van der Waals surface area contributed by atoms with Crippen LogP contribution in [0, 0.1) is 0 Å². The molecule has 1 aliphatic heterocycles. The van der Waals surface area contributed by atoms with Gasteiger partial charge in [0.25, 0.3) is 0 Å². The van der Waals surface area contributed by atoms with Gasteiger partial charge in [-0.3, -0.25) is 14.7 Å². The fraction of sp³-hybridized carbons (Fsp3) is 0.714. The summed E-state index contributed by atoms with van der Waals surface area (Å²) in [7, 11) is 0. The van der Waals surface area contributed by atoms with Crippen LogP contribution < -0.4 is 11.3 Å². The van der Waals surface area contributed by atoms with Crippen molar-refractivity contribution in [2.24, 2.45) is 15.8 Å². The van der Waals surface area contributed by atoms with Crippen molar-refractivity contribution in [3.63, 3.8) is 0 Å². The van der Waals surface area contributed by atoms with Gasteiger partial charge >= 0.3 is 6.36 Å². The molecule has 0 radical (unpaired) electrons. The molecule has 0 aromatic carbocycles. The first kappa shape index (κ1) is 11.9. The first-order chi connectivity index (χ1) is 6.92. The zero-order valence-corrected chi connectivity index (χ0v) is 7.95. The van der Waals surface area contributed by atoms with E-state index in [0.29, 0.717) is 0 Å². The van der Waals surface area contributed by atoms with Crippen LogP contribution in [0.5, 0.6) is 0 Å². The third kappa shape index (κ3) is 3.84. The SMILES string of the molecule is C[C@@H]1N=C(NN)C=NCC1OC(F)(F)F. The molecule has 1 rings (SSSR count). The number of amidine groups is 1. The molecule has 2 atom stereocenters. The first-order valence-corrected chi connectivity index (χ1v) is 4.21. The van der Waals surface area contributed by atoms with E-state index in [1.807, 2.05) is 0 Å². The molecule has 1 aliphatic rings. The average Bonchev–Trinajstić information content (AvgIpc) is 2.27. The summed E-state index contributed by atoms with van der Waals surface area (Å²) in [6.07, 6.45) is -4.52. The van der Waals surface area contributed by atoms with Crippen LogP contribution in [-0.4, -0.2) is 37.1 Å². The molecular weight excluding hydrogens is 213 g/mol. The monoisotopic (exact) mass is 224 g/mol. The second-order valence-electron chi connectivity index (χ2n) is 3.00. The first-order valence-electron chi connectivity index (χ1n) is 4.21. The summed E-state index contributed by atoms with van der Waals surface area (Å²) in [4.78, 5) is 7.58. The summed E-state index contributed by atoms with van der Waals surface area (Å²) in [5, 5.41) is 0. The van der Waals surface area contributed by atoms with Gasteiger partial charge in [0.05, 0.1) is 18.8 Å². The van der Waals surface area contributed by atoms with E-state index in [4.69, 9.17) is 5.84 Å². The lowest BCUT2D eigenvalue weighted by atomic mass is 10.2. The average molecular weight is 224 g/mol. The van der Waals surface area contributed by atoms with E-state index < -0.39 is 18.5 Å². The molecule has 0 saturated carbocycles. The molecule has 0 saturated heterocycles. The van der Waals surface area contributed by atoms with Gasteiger partial charge in [0, 0.05) is 0 Å². The van der Waals surface area contributed by atoms with E-state index in [9.17, 15) is 13.2 Å². The van der Waals surface area contributed by atoms with Crippen molar-refractivity contribution in [1.29, 1.82) is 0 Å². The number of rotatable bonds is 1. The molecule has 0 aromatic heterocycles. The van der Waals surface area contributed by atoms with E-state index in [-0.39, 0.29) is 12.4 Å². The van der Waals surface area contributed by atoms with Crippen molar-refractivity contribution in [3.8, 4) is 0 Å². The molecule has 0 fully saturated rings. The molecule has 3 N–H and O–H groups in total. The molecule has 86 valence electrons. The Kier molecular flexibility index (Phi) is 3.64. The van der Waals surface area contributed by atoms with Crippen molar-refractivity contribution in [1.82, 2.24) is 5.43 Å². The van der Waals surface area contributed by atoms with Gasteiger partial charge in [0.15, 0.2) is 5.84 Å². The molecule has 15 heavy (non-hydrogen) atoms. The van der Waals surface area contributed by atoms with Gasteiger partial charge in [0.2, 0.25) is 0 Å². The van der Waals surface area contributed by atoms with Gasteiger partial charge in [-0.15, -0.1) is 13.2 Å². The van der Waals surface area contributed by atoms with Crippen LogP contribution >= 0.6 is 0 Å². The van der Waals surface area contributed by atoms with Gasteiger partial charge in [0.1, 0.15) is 6.10 Å². The highest BCUT2D eigenvalue weighted by atomic mass is 19.4. The van der Waals surface area contributed by atoms with Crippen LogP contribution in [0.1, 0.15) is 6.92 Å². The second-order valence-corrected chi connectivity index (χ2v) is 3.00. The van der Waals surface area contributed by atoms with Crippen molar-refractivity contribution in [2.75, 3.05) is 6.54 Å². The maximum Gasteiger partial charge on any atom is 0.522 e. The Bertz CT molecular complexity index is 276. The van der Waals surface area contributed by atoms with E-state index >= 15 is 0 Å². The summed E-state index contributed by atoms with van der Waals surface area (Å²) >= 11 is 0. The Labute approximate surface area is 84.2 Å². The van der Waals surface area contributed by atoms with Crippen molar-refractivity contribution in [3.05, 3.63) is 0 Å². The molecule has 0 aliphatic carbocycles. The Balaban J connectivity index is 2.69. The van der Waals surface area contributed by atoms with Crippen LogP contribution in [0.3, 0.4) is 0 Å². The zero-order chi connectivity index (χ0) is 11.5. The largest absolute Gasteiger partial charge is 0.522 e. The summed E-state index contributed by atoms with van der Waals surface area (Å²) in [6, 6.07) is -0.667. The number of alkyl halides is 3. The van der Waals surface area contributed by atoms with Gasteiger partial charge in [-0.05, 0) is 6.92 Å². The molecule has 0 amide bonds. The number of hydrogen-bond donors (Lipinski definition) is 2. The third-order valence-electron chi connectivity index (χ3n) is 1.81. The Hall–Kier alpha value is -1.15. The highest BCUT2D eigenvalue weighted by molar-refractivity contribution is 6.29. The number of hydrogen-bond acceptors (Lipinski definition) is 5. The zero-order valence-electron chi connectivity index (χ0n) is 7.95. The minimum Gasteiger partial charge on any atom is -0.307 e. The molecule has 1 unspecified atom stereocenters. The Morgan fingerprint density at radius 2 is 2.27 bits per heavy atom. The predicted molar refractivity (Wildman–Crippen MR) is 48.5 cm³/mol. The van der Waals surface area contributed by atoms with E-state index in [0.717, 1.165) is 0 Å². The maximum atomic E-state index is 12.0. The fourth-order valence-electron chi connectivity index (χ4n) is 1.11. The minimum absolute atomic E-state index is 0.102. The molecular formula is C7H11F3N4O. The number of halogens is 3. The highest BCUT2D eigenvalue weighted by Gasteiger charge is 2.36. The minimum atomic E-state index is -4.68. The summed E-state index contributed by atoms with van der Waals surface area (Å²) in [5.41, 5.74) is 2.22. The number of nitrogens with zero attached hydrogens (tertiary/aromatic N) is 2. The quantitative estimate of drug-likeness (QED) is 0.494. The van der Waals surface area contributed by atoms with Crippen molar-refractivity contribution >= 4 is 12.1 Å². The van der Waals surface area contributed by atoms with E-state index in [2.05, 4.69) is 20.1 Å². The van der Waals surface area contributed by atoms with Crippen LogP contribution in [0.4, 0.5) is 13.2 Å². The lowest BCUT2D eigenvalue weighted by Gasteiger charge is -2.20. The second kappa shape index (κ2) is 4.58. The lowest BCUT2D eigenvalue weighted by Crippen LogP contribution is -2.35. The summed E-state index contributed by atoms with van der Waals surface area (Å²) < 4.78 is 39.8. The molecule has 0 spiro atoms. The fourth-order valence-corrected chi connectivity index (χ4v) is 1.11. The number of hydrazine groups is 1. The predicted octanol–water partition coefficient (Wildman–Crippen LogP) is 0.226. The van der Waals surface area contributed by atoms with Gasteiger partial charge < -0.3 is 5.43 Å². The number of nitrogens with one attached hydrogen (secondary N) is 1. The van der Waals surface area contributed by atoms with Gasteiger partial charge in [-0.1, -0.05) is 0 Å². The number of nitrogens with two attached hydrogens (primary N) is 1. The molecule has 0 aromatic rings. The van der Waals surface area contributed by atoms with Crippen LogP contribution in [-0.2, 0) is 4.74 Å². The molecule has 5 nitrogen and oxygen atoms in total. The van der Waals surface area contributed by atoms with Crippen LogP contribution in [0.2, 0.25) is 0 Å². The summed E-state index contributed by atoms with van der Waals surface area (Å²) in [6.45, 7) is 1.40. The van der Waals surface area contributed by atoms with Crippen molar-refractivity contribution < 1.29 is 17.9 Å². The number of aliphatic imine (C=N–C) groups is 2. The highest BCUT2D eigenvalue weighted by Crippen LogP contribution is 2.21. The van der Waals surface area contributed by atoms with Gasteiger partial charge in [-0.2, -0.15) is 0 Å².